The van der Waals surface area contributed by atoms with Crippen molar-refractivity contribution in [2.45, 2.75) is 12.8 Å². The maximum absolute atomic E-state index is 11.7. The Morgan fingerprint density at radius 3 is 2.39 bits per heavy atom. The maximum atomic E-state index is 11.7. The molecule has 1 aliphatic heterocycles. The number of halogens is 3. The normalized spacial score (nSPS) is 15.8. The number of benzene rings is 1. The minimum atomic E-state index is -1.06. The van der Waals surface area contributed by atoms with Crippen molar-refractivity contribution >= 4 is 63.4 Å². The fraction of sp³-hybridized carbons (Fsp3) is 0.292. The molecule has 3 heterocycles. The van der Waals surface area contributed by atoms with Crippen LogP contribution in [0.4, 0.5) is 11.5 Å². The van der Waals surface area contributed by atoms with Gasteiger partial charge >= 0.3 is 0 Å². The summed E-state index contributed by atoms with van der Waals surface area (Å²) >= 11 is 17.7. The smallest absolute Gasteiger partial charge is 0.177 e. The lowest BCUT2D eigenvalue weighted by Crippen LogP contribution is -2.48. The number of anilines is 2. The van der Waals surface area contributed by atoms with Gasteiger partial charge in [-0.2, -0.15) is 0 Å². The number of aliphatic hydroxyl groups is 1. The second kappa shape index (κ2) is 12.2. The molecule has 1 fully saturated rings. The van der Waals surface area contributed by atoms with Crippen LogP contribution in [0.25, 0.3) is 0 Å². The van der Waals surface area contributed by atoms with Gasteiger partial charge in [0.2, 0.25) is 0 Å². The topological polar surface area (TPSA) is 161 Å². The van der Waals surface area contributed by atoms with Gasteiger partial charge in [-0.05, 0) is 18.2 Å². The van der Waals surface area contributed by atoms with E-state index >= 15 is 0 Å². The lowest BCUT2D eigenvalue weighted by Gasteiger charge is -2.34. The summed E-state index contributed by atoms with van der Waals surface area (Å²) in [6, 6.07) is 4.68. The van der Waals surface area contributed by atoms with E-state index in [1.165, 1.54) is 24.5 Å². The van der Waals surface area contributed by atoms with Gasteiger partial charge in [0.1, 0.15) is 17.8 Å². The van der Waals surface area contributed by atoms with Gasteiger partial charge in [-0.3, -0.25) is 16.1 Å². The summed E-state index contributed by atoms with van der Waals surface area (Å²) in [6.45, 7) is 2.21. The van der Waals surface area contributed by atoms with E-state index in [0.29, 0.717) is 54.3 Å². The fourth-order valence-electron chi connectivity index (χ4n) is 4.12. The molecule has 0 amide bonds. The minimum absolute atomic E-state index is 0.0533. The molecule has 2 aromatic heterocycles. The van der Waals surface area contributed by atoms with Gasteiger partial charge in [-0.15, -0.1) is 4.31 Å². The highest BCUT2D eigenvalue weighted by Crippen LogP contribution is 2.36. The van der Waals surface area contributed by atoms with Crippen LogP contribution < -0.4 is 21.1 Å². The molecule has 1 saturated heterocycles. The molecule has 0 radical (unpaired) electrons. The predicted octanol–water partition coefficient (Wildman–Crippen LogP) is 3.38. The Morgan fingerprint density at radius 1 is 1.13 bits per heavy atom. The standard InChI is InChI=1S/C24H26Cl3N7O3S/c1-38(36)34-4-2-33(3-5-34)24-14(12-35)6-13(9-32-24)22(29)15-7-20(16(25)8-19(15)28)37-23(30)21-17(26)10-31-11-18(21)27/h6-11,23,29,35H,2-5,12,28,30H2,1H3/t23-,38?/m0/s1. The molecule has 0 bridgehead atoms. The van der Waals surface area contributed by atoms with Crippen molar-refractivity contribution in [3.05, 3.63) is 74.1 Å². The zero-order valence-electron chi connectivity index (χ0n) is 20.3. The van der Waals surface area contributed by atoms with Crippen molar-refractivity contribution < 1.29 is 14.4 Å². The summed E-state index contributed by atoms with van der Waals surface area (Å²) < 4.78 is 19.5. The Kier molecular flexibility index (Phi) is 9.22. The molecule has 0 aliphatic carbocycles. The number of nitrogens with two attached hydrogens (primary N) is 2. The van der Waals surface area contributed by atoms with Crippen molar-refractivity contribution in [3.8, 4) is 5.75 Å². The zero-order chi connectivity index (χ0) is 27.6. The molecule has 1 aromatic carbocycles. The highest BCUT2D eigenvalue weighted by atomic mass is 35.5. The highest BCUT2D eigenvalue weighted by molar-refractivity contribution is 7.88. The van der Waals surface area contributed by atoms with Gasteiger partial charge in [0.05, 0.1) is 40.5 Å². The number of hydrogen-bond donors (Lipinski definition) is 4. The van der Waals surface area contributed by atoms with Crippen molar-refractivity contribution in [2.24, 2.45) is 5.73 Å². The van der Waals surface area contributed by atoms with Gasteiger partial charge < -0.3 is 25.0 Å². The van der Waals surface area contributed by atoms with Crippen LogP contribution in [0.2, 0.25) is 15.1 Å². The number of nitrogen functional groups attached to an aromatic ring is 1. The van der Waals surface area contributed by atoms with Crippen LogP contribution in [0.15, 0.2) is 36.8 Å². The number of pyridine rings is 2. The molecule has 38 heavy (non-hydrogen) atoms. The first-order chi connectivity index (χ1) is 18.1. The fourth-order valence-corrected chi connectivity index (χ4v) is 5.59. The Labute approximate surface area is 238 Å². The van der Waals surface area contributed by atoms with E-state index in [4.69, 9.17) is 56.4 Å². The van der Waals surface area contributed by atoms with E-state index < -0.39 is 17.6 Å². The number of aromatic nitrogens is 2. The van der Waals surface area contributed by atoms with Crippen LogP contribution >= 0.6 is 34.8 Å². The molecular weight excluding hydrogens is 573 g/mol. The Morgan fingerprint density at radius 2 is 1.79 bits per heavy atom. The van der Waals surface area contributed by atoms with E-state index in [-0.39, 0.29) is 38.8 Å². The van der Waals surface area contributed by atoms with Crippen LogP contribution in [0, 0.1) is 5.41 Å². The van der Waals surface area contributed by atoms with E-state index in [1.807, 2.05) is 9.21 Å². The molecule has 4 rings (SSSR count). The average molecular weight is 599 g/mol. The van der Waals surface area contributed by atoms with Gasteiger partial charge in [0.15, 0.2) is 6.23 Å². The Hall–Kier alpha value is -2.35. The molecule has 10 nitrogen and oxygen atoms in total. The third-order valence-electron chi connectivity index (χ3n) is 6.11. The number of nitrogens with zero attached hydrogens (tertiary/aromatic N) is 4. The van der Waals surface area contributed by atoms with Crippen LogP contribution in [0.3, 0.4) is 0 Å². The second-order valence-electron chi connectivity index (χ2n) is 8.50. The Bertz CT molecular complexity index is 1320. The third-order valence-corrected chi connectivity index (χ3v) is 8.10. The van der Waals surface area contributed by atoms with Crippen LogP contribution in [-0.2, 0) is 18.0 Å². The van der Waals surface area contributed by atoms with Crippen molar-refractivity contribution in [1.82, 2.24) is 14.3 Å². The van der Waals surface area contributed by atoms with E-state index in [1.54, 1.807) is 18.5 Å². The van der Waals surface area contributed by atoms with Crippen LogP contribution in [0.1, 0.15) is 28.5 Å². The molecular formula is C24H26Cl3N7O3S. The predicted molar refractivity (Wildman–Crippen MR) is 152 cm³/mol. The first-order valence-corrected chi connectivity index (χ1v) is 14.1. The minimum Gasteiger partial charge on any atom is -0.598 e. The summed E-state index contributed by atoms with van der Waals surface area (Å²) in [5.74, 6) is 0.797. The lowest BCUT2D eigenvalue weighted by molar-refractivity contribution is 0.214. The summed E-state index contributed by atoms with van der Waals surface area (Å²) in [6.07, 6.45) is 4.95. The molecule has 1 aliphatic rings. The number of piperazine rings is 1. The van der Waals surface area contributed by atoms with Crippen molar-refractivity contribution in [3.63, 3.8) is 0 Å². The lowest BCUT2D eigenvalue weighted by atomic mass is 10.0. The van der Waals surface area contributed by atoms with Gasteiger partial charge in [0, 0.05) is 71.0 Å². The SMILES string of the molecule is C[S+]([O-])N1CCN(c2ncc(C(=N)c3cc(O[C@H](N)c4c(Cl)cncc4Cl)c(Cl)cc3N)cc2CO)CC1. The molecule has 202 valence electrons. The number of aliphatic hydroxyl groups excluding tert-OH is 1. The molecule has 2 atom stereocenters. The molecule has 3 aromatic rings. The maximum Gasteiger partial charge on any atom is 0.177 e. The zero-order valence-corrected chi connectivity index (χ0v) is 23.4. The largest absolute Gasteiger partial charge is 0.598 e. The third kappa shape index (κ3) is 6.11. The first-order valence-electron chi connectivity index (χ1n) is 11.4. The van der Waals surface area contributed by atoms with Gasteiger partial charge in [-0.25, -0.2) is 4.98 Å². The quantitative estimate of drug-likeness (QED) is 0.132. The van der Waals surface area contributed by atoms with Gasteiger partial charge in [-0.1, -0.05) is 34.8 Å². The molecule has 0 spiro atoms. The van der Waals surface area contributed by atoms with E-state index in [2.05, 4.69) is 9.97 Å². The molecule has 6 N–H and O–H groups in total. The number of rotatable bonds is 8. The summed E-state index contributed by atoms with van der Waals surface area (Å²) in [4.78, 5) is 10.5. The van der Waals surface area contributed by atoms with Crippen molar-refractivity contribution in [2.75, 3.05) is 43.1 Å². The first kappa shape index (κ1) is 28.7. The molecule has 1 unspecified atom stereocenters. The van der Waals surface area contributed by atoms with Crippen LogP contribution in [-0.4, -0.2) is 62.1 Å². The second-order valence-corrected chi connectivity index (χ2v) is 11.1. The van der Waals surface area contributed by atoms with E-state index in [9.17, 15) is 9.66 Å². The molecule has 14 heteroatoms. The number of hydrogen-bond acceptors (Lipinski definition) is 10. The van der Waals surface area contributed by atoms with Crippen molar-refractivity contribution in [1.29, 1.82) is 5.41 Å². The van der Waals surface area contributed by atoms with Crippen LogP contribution in [0.5, 0.6) is 5.75 Å². The summed E-state index contributed by atoms with van der Waals surface area (Å²) in [5.41, 5.74) is 14.4. The number of nitrogens with one attached hydrogen (secondary N) is 1. The summed E-state index contributed by atoms with van der Waals surface area (Å²) in [7, 11) is 0. The highest BCUT2D eigenvalue weighted by Gasteiger charge is 2.26. The average Bonchev–Trinajstić information content (AvgIpc) is 2.89. The summed E-state index contributed by atoms with van der Waals surface area (Å²) in [5, 5.41) is 19.5. The molecule has 0 saturated carbocycles. The van der Waals surface area contributed by atoms with E-state index in [0.717, 1.165) is 0 Å². The van der Waals surface area contributed by atoms with Gasteiger partial charge in [0.25, 0.3) is 0 Å². The Balaban J connectivity index is 1.59. The monoisotopic (exact) mass is 597 g/mol. The number of ether oxygens (including phenoxy) is 1.